The Hall–Kier alpha value is -1.55. The first-order valence-electron chi connectivity index (χ1n) is 5.93. The van der Waals surface area contributed by atoms with Gasteiger partial charge in [0, 0.05) is 26.2 Å². The van der Waals surface area contributed by atoms with Crippen molar-refractivity contribution in [1.82, 2.24) is 10.2 Å². The lowest BCUT2D eigenvalue weighted by molar-refractivity contribution is 0.366. The standard InChI is InChI=1S/C13H19N3O/c1-11-3-4-13(17-2)12(9-11)15-10-16-7-5-14-6-8-16/h3-4,9-10,14H,5-8H2,1-2H3. The molecule has 1 N–H and O–H groups in total. The van der Waals surface area contributed by atoms with Gasteiger partial charge in [-0.2, -0.15) is 0 Å². The van der Waals surface area contributed by atoms with E-state index in [1.807, 2.05) is 24.5 Å². The minimum Gasteiger partial charge on any atom is -0.494 e. The van der Waals surface area contributed by atoms with Crippen molar-refractivity contribution in [2.24, 2.45) is 4.99 Å². The summed E-state index contributed by atoms with van der Waals surface area (Å²) in [6.45, 7) is 6.13. The third kappa shape index (κ3) is 3.20. The van der Waals surface area contributed by atoms with Crippen LogP contribution in [0.25, 0.3) is 0 Å². The summed E-state index contributed by atoms with van der Waals surface area (Å²) in [5, 5.41) is 3.32. The zero-order chi connectivity index (χ0) is 12.1. The van der Waals surface area contributed by atoms with Gasteiger partial charge in [-0.05, 0) is 24.6 Å². The number of nitrogens with one attached hydrogen (secondary N) is 1. The second-order valence-corrected chi connectivity index (χ2v) is 4.21. The Morgan fingerprint density at radius 3 is 2.82 bits per heavy atom. The van der Waals surface area contributed by atoms with Crippen molar-refractivity contribution in [3.05, 3.63) is 23.8 Å². The van der Waals surface area contributed by atoms with Crippen molar-refractivity contribution in [2.45, 2.75) is 6.92 Å². The minimum atomic E-state index is 0.821. The van der Waals surface area contributed by atoms with Crippen LogP contribution in [0, 0.1) is 6.92 Å². The van der Waals surface area contributed by atoms with Gasteiger partial charge in [-0.1, -0.05) is 6.07 Å². The van der Waals surface area contributed by atoms with E-state index in [2.05, 4.69) is 22.1 Å². The van der Waals surface area contributed by atoms with Crippen LogP contribution in [-0.2, 0) is 0 Å². The summed E-state index contributed by atoms with van der Waals surface area (Å²) >= 11 is 0. The highest BCUT2D eigenvalue weighted by Crippen LogP contribution is 2.27. The van der Waals surface area contributed by atoms with Crippen LogP contribution in [0.2, 0.25) is 0 Å². The highest BCUT2D eigenvalue weighted by Gasteiger charge is 2.06. The normalized spacial score (nSPS) is 16.5. The molecule has 1 fully saturated rings. The van der Waals surface area contributed by atoms with Crippen LogP contribution in [0.5, 0.6) is 5.75 Å². The van der Waals surface area contributed by atoms with E-state index in [1.165, 1.54) is 5.56 Å². The molecule has 4 nitrogen and oxygen atoms in total. The molecule has 1 aliphatic rings. The van der Waals surface area contributed by atoms with Gasteiger partial charge in [-0.3, -0.25) is 0 Å². The van der Waals surface area contributed by atoms with Crippen molar-refractivity contribution in [2.75, 3.05) is 33.3 Å². The van der Waals surface area contributed by atoms with Gasteiger partial charge in [0.2, 0.25) is 0 Å². The number of nitrogens with zero attached hydrogens (tertiary/aromatic N) is 2. The lowest BCUT2D eigenvalue weighted by Crippen LogP contribution is -2.42. The maximum absolute atomic E-state index is 5.30. The molecule has 0 atom stereocenters. The van der Waals surface area contributed by atoms with Gasteiger partial charge in [-0.25, -0.2) is 4.99 Å². The molecule has 0 amide bonds. The summed E-state index contributed by atoms with van der Waals surface area (Å²) < 4.78 is 5.30. The van der Waals surface area contributed by atoms with Gasteiger partial charge in [0.05, 0.1) is 13.4 Å². The van der Waals surface area contributed by atoms with Crippen LogP contribution in [0.4, 0.5) is 5.69 Å². The SMILES string of the molecule is COc1ccc(C)cc1N=CN1CCNCC1. The van der Waals surface area contributed by atoms with Crippen molar-refractivity contribution < 1.29 is 4.74 Å². The van der Waals surface area contributed by atoms with Gasteiger partial charge >= 0.3 is 0 Å². The van der Waals surface area contributed by atoms with Gasteiger partial charge in [0.15, 0.2) is 0 Å². The van der Waals surface area contributed by atoms with E-state index in [0.717, 1.165) is 37.6 Å². The average Bonchev–Trinajstić information content (AvgIpc) is 2.38. The Labute approximate surface area is 102 Å². The molecular weight excluding hydrogens is 214 g/mol. The summed E-state index contributed by atoms with van der Waals surface area (Å²) in [4.78, 5) is 6.73. The van der Waals surface area contributed by atoms with E-state index in [9.17, 15) is 0 Å². The largest absolute Gasteiger partial charge is 0.494 e. The smallest absolute Gasteiger partial charge is 0.144 e. The second kappa shape index (κ2) is 5.68. The Kier molecular flexibility index (Phi) is 3.98. The van der Waals surface area contributed by atoms with E-state index < -0.39 is 0 Å². The first kappa shape index (κ1) is 11.9. The molecule has 0 saturated carbocycles. The van der Waals surface area contributed by atoms with Gasteiger partial charge in [0.25, 0.3) is 0 Å². The van der Waals surface area contributed by atoms with Crippen LogP contribution >= 0.6 is 0 Å². The first-order valence-corrected chi connectivity index (χ1v) is 5.93. The molecule has 0 aliphatic carbocycles. The predicted molar refractivity (Wildman–Crippen MR) is 70.3 cm³/mol. The second-order valence-electron chi connectivity index (χ2n) is 4.21. The fraction of sp³-hybridized carbons (Fsp3) is 0.462. The van der Waals surface area contributed by atoms with E-state index >= 15 is 0 Å². The monoisotopic (exact) mass is 233 g/mol. The van der Waals surface area contributed by atoms with E-state index in [0.29, 0.717) is 0 Å². The molecule has 1 aromatic rings. The predicted octanol–water partition coefficient (Wildman–Crippen LogP) is 1.57. The molecule has 17 heavy (non-hydrogen) atoms. The molecule has 1 aliphatic heterocycles. The summed E-state index contributed by atoms with van der Waals surface area (Å²) in [6, 6.07) is 6.03. The molecule has 1 saturated heterocycles. The van der Waals surface area contributed by atoms with Crippen molar-refractivity contribution in [1.29, 1.82) is 0 Å². The summed E-state index contributed by atoms with van der Waals surface area (Å²) in [5.41, 5.74) is 2.09. The first-order chi connectivity index (χ1) is 8.29. The fourth-order valence-electron chi connectivity index (χ4n) is 1.84. The van der Waals surface area contributed by atoms with E-state index in [-0.39, 0.29) is 0 Å². The molecule has 4 heteroatoms. The summed E-state index contributed by atoms with van der Waals surface area (Å²) in [5.74, 6) is 0.821. The number of hydrogen-bond donors (Lipinski definition) is 1. The van der Waals surface area contributed by atoms with Crippen LogP contribution < -0.4 is 10.1 Å². The Bertz CT molecular complexity index is 398. The molecular formula is C13H19N3O. The maximum atomic E-state index is 5.30. The lowest BCUT2D eigenvalue weighted by atomic mass is 10.2. The Morgan fingerprint density at radius 1 is 1.35 bits per heavy atom. The number of aliphatic imine (C=N–C) groups is 1. The number of piperazine rings is 1. The van der Waals surface area contributed by atoms with Gasteiger partial charge in [0.1, 0.15) is 11.4 Å². The number of rotatable bonds is 3. The lowest BCUT2D eigenvalue weighted by Gasteiger charge is -2.24. The maximum Gasteiger partial charge on any atom is 0.144 e. The fourth-order valence-corrected chi connectivity index (χ4v) is 1.84. The molecule has 0 spiro atoms. The number of ether oxygens (including phenoxy) is 1. The van der Waals surface area contributed by atoms with Crippen LogP contribution in [0.15, 0.2) is 23.2 Å². The van der Waals surface area contributed by atoms with E-state index in [1.54, 1.807) is 7.11 Å². The summed E-state index contributed by atoms with van der Waals surface area (Å²) in [7, 11) is 1.68. The molecule has 0 unspecified atom stereocenters. The number of benzene rings is 1. The van der Waals surface area contributed by atoms with Crippen LogP contribution in [0.3, 0.4) is 0 Å². The number of hydrogen-bond acceptors (Lipinski definition) is 3. The highest BCUT2D eigenvalue weighted by atomic mass is 16.5. The quantitative estimate of drug-likeness (QED) is 0.636. The Balaban J connectivity index is 2.10. The molecule has 92 valence electrons. The minimum absolute atomic E-state index is 0.821. The molecule has 0 bridgehead atoms. The van der Waals surface area contributed by atoms with Crippen molar-refractivity contribution >= 4 is 12.0 Å². The number of aryl methyl sites for hydroxylation is 1. The molecule has 0 radical (unpaired) electrons. The average molecular weight is 233 g/mol. The molecule has 0 aromatic heterocycles. The van der Waals surface area contributed by atoms with Crippen LogP contribution in [-0.4, -0.2) is 44.5 Å². The number of methoxy groups -OCH3 is 1. The molecule has 2 rings (SSSR count). The van der Waals surface area contributed by atoms with Gasteiger partial charge in [-0.15, -0.1) is 0 Å². The zero-order valence-electron chi connectivity index (χ0n) is 10.4. The zero-order valence-corrected chi connectivity index (χ0v) is 10.4. The van der Waals surface area contributed by atoms with Crippen LogP contribution in [0.1, 0.15) is 5.56 Å². The molecule has 1 aromatic carbocycles. The van der Waals surface area contributed by atoms with Crippen molar-refractivity contribution in [3.63, 3.8) is 0 Å². The topological polar surface area (TPSA) is 36.9 Å². The van der Waals surface area contributed by atoms with Crippen molar-refractivity contribution in [3.8, 4) is 5.75 Å². The third-order valence-corrected chi connectivity index (χ3v) is 2.85. The third-order valence-electron chi connectivity index (χ3n) is 2.85. The summed E-state index contributed by atoms with van der Waals surface area (Å²) in [6.07, 6.45) is 1.91. The highest BCUT2D eigenvalue weighted by molar-refractivity contribution is 5.65. The van der Waals surface area contributed by atoms with Gasteiger partial charge < -0.3 is 15.0 Å². The van der Waals surface area contributed by atoms with E-state index in [4.69, 9.17) is 4.74 Å². The molecule has 1 heterocycles. The Morgan fingerprint density at radius 2 is 2.12 bits per heavy atom.